The lowest BCUT2D eigenvalue weighted by Crippen LogP contribution is -2.14. The van der Waals surface area contributed by atoms with Crippen LogP contribution in [0.4, 0.5) is 0 Å². The van der Waals surface area contributed by atoms with Gasteiger partial charge in [-0.05, 0) is 53.2 Å². The summed E-state index contributed by atoms with van der Waals surface area (Å²) in [5.41, 5.74) is 1.42. The van der Waals surface area contributed by atoms with Gasteiger partial charge in [0, 0.05) is 18.1 Å². The van der Waals surface area contributed by atoms with Crippen molar-refractivity contribution in [1.29, 1.82) is 0 Å². The molecule has 0 amide bonds. The maximum Gasteiger partial charge on any atom is 0.0704 e. The first-order valence-corrected chi connectivity index (χ1v) is 6.07. The third kappa shape index (κ3) is 2.14. The van der Waals surface area contributed by atoms with Crippen LogP contribution in [0.3, 0.4) is 0 Å². The van der Waals surface area contributed by atoms with E-state index in [1.807, 2.05) is 0 Å². The van der Waals surface area contributed by atoms with Gasteiger partial charge < -0.3 is 4.74 Å². The lowest BCUT2D eigenvalue weighted by molar-refractivity contribution is 0.0853. The van der Waals surface area contributed by atoms with Crippen LogP contribution >= 0.6 is 27.3 Å². The highest BCUT2D eigenvalue weighted by atomic mass is 79.9. The predicted molar refractivity (Wildman–Crippen MR) is 59.3 cm³/mol. The van der Waals surface area contributed by atoms with Gasteiger partial charge in [0.15, 0.2) is 0 Å². The molecule has 3 heteroatoms. The van der Waals surface area contributed by atoms with E-state index in [0.717, 1.165) is 26.1 Å². The van der Waals surface area contributed by atoms with Gasteiger partial charge in [-0.2, -0.15) is 0 Å². The minimum atomic E-state index is 0.670. The van der Waals surface area contributed by atoms with Crippen molar-refractivity contribution in [2.24, 2.45) is 0 Å². The highest BCUT2D eigenvalue weighted by molar-refractivity contribution is 9.11. The second-order valence-electron chi connectivity index (χ2n) is 3.32. The molecule has 1 saturated heterocycles. The van der Waals surface area contributed by atoms with Crippen molar-refractivity contribution in [3.05, 3.63) is 27.2 Å². The first kappa shape index (κ1) is 9.69. The number of hydrogen-bond donors (Lipinski definition) is 0. The molecular weight excluding hydrogens is 248 g/mol. The van der Waals surface area contributed by atoms with Crippen LogP contribution in [0.5, 0.6) is 0 Å². The summed E-state index contributed by atoms with van der Waals surface area (Å²) in [4.78, 5) is 1.21. The van der Waals surface area contributed by atoms with Crippen LogP contribution in [0.1, 0.15) is 29.2 Å². The summed E-state index contributed by atoms with van der Waals surface area (Å²) in [6, 6.07) is 2.21. The summed E-state index contributed by atoms with van der Waals surface area (Å²) < 4.78 is 6.53. The van der Waals surface area contributed by atoms with Gasteiger partial charge >= 0.3 is 0 Å². The van der Waals surface area contributed by atoms with Crippen molar-refractivity contribution in [2.75, 3.05) is 13.2 Å². The van der Waals surface area contributed by atoms with E-state index in [-0.39, 0.29) is 0 Å². The molecule has 0 bridgehead atoms. The molecule has 0 saturated carbocycles. The number of ether oxygens (including phenoxy) is 1. The molecule has 1 aliphatic rings. The minimum absolute atomic E-state index is 0.670. The molecule has 1 fully saturated rings. The fourth-order valence-electron chi connectivity index (χ4n) is 1.76. The van der Waals surface area contributed by atoms with Gasteiger partial charge in [-0.3, -0.25) is 0 Å². The number of rotatable bonds is 1. The van der Waals surface area contributed by atoms with Crippen molar-refractivity contribution >= 4 is 27.3 Å². The fraction of sp³-hybridized carbons (Fsp3) is 0.500. The summed E-state index contributed by atoms with van der Waals surface area (Å²) in [5.74, 6) is 0.670. The van der Waals surface area contributed by atoms with E-state index in [4.69, 9.17) is 4.74 Å². The molecule has 0 atom stereocenters. The van der Waals surface area contributed by atoms with Gasteiger partial charge in [0.1, 0.15) is 0 Å². The van der Waals surface area contributed by atoms with E-state index in [9.17, 15) is 0 Å². The Hall–Kier alpha value is 0.140. The Morgan fingerprint density at radius 3 is 2.69 bits per heavy atom. The van der Waals surface area contributed by atoms with Crippen LogP contribution in [0.15, 0.2) is 9.85 Å². The van der Waals surface area contributed by atoms with Crippen molar-refractivity contribution in [1.82, 2.24) is 0 Å². The Bertz CT molecular complexity index is 289. The Labute approximate surface area is 91.2 Å². The fourth-order valence-corrected chi connectivity index (χ4v) is 3.36. The van der Waals surface area contributed by atoms with Gasteiger partial charge in [0.25, 0.3) is 0 Å². The van der Waals surface area contributed by atoms with E-state index < -0.39 is 0 Å². The molecule has 0 N–H and O–H groups in total. The van der Waals surface area contributed by atoms with E-state index in [1.165, 1.54) is 14.2 Å². The second-order valence-corrected chi connectivity index (χ2v) is 5.83. The first-order valence-electron chi connectivity index (χ1n) is 4.46. The van der Waals surface area contributed by atoms with Crippen LogP contribution in [0.2, 0.25) is 0 Å². The van der Waals surface area contributed by atoms with Crippen molar-refractivity contribution in [3.63, 3.8) is 0 Å². The molecule has 2 heterocycles. The molecule has 1 aromatic rings. The summed E-state index contributed by atoms with van der Waals surface area (Å²) in [6.45, 7) is 5.86. The molecule has 0 spiro atoms. The first-order chi connectivity index (χ1) is 6.27. The predicted octanol–water partition coefficient (Wildman–Crippen LogP) is 3.59. The summed E-state index contributed by atoms with van der Waals surface area (Å²) in [7, 11) is 0. The van der Waals surface area contributed by atoms with Gasteiger partial charge in [-0.15, -0.1) is 11.3 Å². The monoisotopic (exact) mass is 259 g/mol. The molecule has 1 aromatic heterocycles. The largest absolute Gasteiger partial charge is 0.381 e. The third-order valence-corrected chi connectivity index (χ3v) is 3.98. The molecule has 0 aromatic carbocycles. The third-order valence-electron chi connectivity index (χ3n) is 2.47. The number of hydrogen-bond acceptors (Lipinski definition) is 2. The van der Waals surface area contributed by atoms with E-state index in [0.29, 0.717) is 5.92 Å². The lowest BCUT2D eigenvalue weighted by Gasteiger charge is -2.21. The van der Waals surface area contributed by atoms with Crippen LogP contribution in [0.25, 0.3) is 0 Å². The number of thiophene rings is 1. The Morgan fingerprint density at radius 2 is 2.15 bits per heavy atom. The van der Waals surface area contributed by atoms with Gasteiger partial charge in [0.2, 0.25) is 0 Å². The lowest BCUT2D eigenvalue weighted by atomic mass is 9.92. The van der Waals surface area contributed by atoms with E-state index in [2.05, 4.69) is 28.9 Å². The molecule has 1 aliphatic heterocycles. The smallest absolute Gasteiger partial charge is 0.0704 e. The summed E-state index contributed by atoms with van der Waals surface area (Å²) >= 11 is 5.22. The Kier molecular flexibility index (Phi) is 3.06. The van der Waals surface area contributed by atoms with Crippen LogP contribution < -0.4 is 0 Å². The number of halogens is 1. The zero-order chi connectivity index (χ0) is 9.26. The maximum atomic E-state index is 5.34. The van der Waals surface area contributed by atoms with Crippen molar-refractivity contribution < 1.29 is 4.74 Å². The quantitative estimate of drug-likeness (QED) is 0.749. The average Bonchev–Trinajstić information content (AvgIpc) is 2.47. The molecular formula is C10H12BrOS. The topological polar surface area (TPSA) is 9.23 Å². The highest BCUT2D eigenvalue weighted by Gasteiger charge is 2.19. The highest BCUT2D eigenvalue weighted by Crippen LogP contribution is 2.35. The van der Waals surface area contributed by atoms with Crippen molar-refractivity contribution in [2.45, 2.75) is 18.8 Å². The average molecular weight is 260 g/mol. The molecule has 0 unspecified atom stereocenters. The zero-order valence-corrected chi connectivity index (χ0v) is 9.79. The van der Waals surface area contributed by atoms with Crippen molar-refractivity contribution in [3.8, 4) is 0 Å². The molecule has 1 nitrogen and oxygen atoms in total. The van der Waals surface area contributed by atoms with Gasteiger partial charge in [-0.25, -0.2) is 0 Å². The normalized spacial score (nSPS) is 19.2. The molecule has 13 heavy (non-hydrogen) atoms. The standard InChI is InChI=1S/C10H12BrOS/c1-7-9(6-10(11)13-7)8-2-4-12-5-3-8/h6,8H,1-5H2. The SMILES string of the molecule is [CH2]c1sc(Br)cc1C1CCOCC1. The van der Waals surface area contributed by atoms with Crippen LogP contribution in [-0.2, 0) is 4.74 Å². The molecule has 0 aliphatic carbocycles. The van der Waals surface area contributed by atoms with E-state index >= 15 is 0 Å². The molecule has 1 radical (unpaired) electrons. The van der Waals surface area contributed by atoms with Gasteiger partial charge in [0.05, 0.1) is 3.79 Å². The minimum Gasteiger partial charge on any atom is -0.381 e. The van der Waals surface area contributed by atoms with E-state index in [1.54, 1.807) is 11.3 Å². The Balaban J connectivity index is 2.18. The molecule has 71 valence electrons. The van der Waals surface area contributed by atoms with Crippen LogP contribution in [-0.4, -0.2) is 13.2 Å². The van der Waals surface area contributed by atoms with Crippen LogP contribution in [0, 0.1) is 6.92 Å². The molecule has 2 rings (SSSR count). The summed E-state index contributed by atoms with van der Waals surface area (Å²) in [5, 5.41) is 0. The Morgan fingerprint density at radius 1 is 1.46 bits per heavy atom. The van der Waals surface area contributed by atoms with Gasteiger partial charge in [-0.1, -0.05) is 0 Å². The summed E-state index contributed by atoms with van der Waals surface area (Å²) in [6.07, 6.45) is 2.29. The maximum absolute atomic E-state index is 5.34. The zero-order valence-electron chi connectivity index (χ0n) is 7.38. The second kappa shape index (κ2) is 4.11.